The number of nitrogens with one attached hydrogen (secondary N) is 1. The van der Waals surface area contributed by atoms with E-state index in [1.807, 2.05) is 0 Å². The molecule has 68 valence electrons. The zero-order valence-electron chi connectivity index (χ0n) is 7.33. The highest BCUT2D eigenvalue weighted by Gasteiger charge is 2.01. The molecular weight excluding hydrogens is 174 g/mol. The van der Waals surface area contributed by atoms with Crippen LogP contribution in [-0.2, 0) is 17.9 Å². The van der Waals surface area contributed by atoms with E-state index in [1.54, 1.807) is 18.4 Å². The largest absolute Gasteiger partial charge is 0.377 e. The number of hydrogen-bond donors (Lipinski definition) is 1. The van der Waals surface area contributed by atoms with Gasteiger partial charge in [-0.15, -0.1) is 10.2 Å². The summed E-state index contributed by atoms with van der Waals surface area (Å²) in [4.78, 5) is 0. The maximum atomic E-state index is 4.93. The summed E-state index contributed by atoms with van der Waals surface area (Å²) in [7, 11) is 1.66. The fourth-order valence-corrected chi connectivity index (χ4v) is 1.56. The first-order valence-electron chi connectivity index (χ1n) is 3.87. The summed E-state index contributed by atoms with van der Waals surface area (Å²) in [5, 5.41) is 13.1. The van der Waals surface area contributed by atoms with Crippen LogP contribution in [-0.4, -0.2) is 23.9 Å². The summed E-state index contributed by atoms with van der Waals surface area (Å²) in [6.07, 6.45) is 0. The number of ether oxygens (including phenoxy) is 1. The first-order chi connectivity index (χ1) is 5.86. The second kappa shape index (κ2) is 5.18. The number of nitrogens with zero attached hydrogens (tertiary/aromatic N) is 2. The van der Waals surface area contributed by atoms with Crippen molar-refractivity contribution in [2.75, 3.05) is 13.7 Å². The average molecular weight is 187 g/mol. The molecule has 1 rings (SSSR count). The predicted molar refractivity (Wildman–Crippen MR) is 48.0 cm³/mol. The van der Waals surface area contributed by atoms with Gasteiger partial charge in [0.2, 0.25) is 0 Å². The normalized spacial score (nSPS) is 10.5. The maximum Gasteiger partial charge on any atom is 0.143 e. The second-order valence-electron chi connectivity index (χ2n) is 2.30. The first-order valence-corrected chi connectivity index (χ1v) is 4.69. The highest BCUT2D eigenvalue weighted by Crippen LogP contribution is 2.09. The third kappa shape index (κ3) is 2.84. The third-order valence-electron chi connectivity index (χ3n) is 1.30. The summed E-state index contributed by atoms with van der Waals surface area (Å²) in [6.45, 7) is 4.39. The quantitative estimate of drug-likeness (QED) is 0.740. The average Bonchev–Trinajstić information content (AvgIpc) is 2.50. The van der Waals surface area contributed by atoms with Crippen LogP contribution in [0.15, 0.2) is 0 Å². The molecule has 12 heavy (non-hydrogen) atoms. The van der Waals surface area contributed by atoms with Gasteiger partial charge < -0.3 is 10.1 Å². The van der Waals surface area contributed by atoms with Crippen LogP contribution in [0, 0.1) is 0 Å². The van der Waals surface area contributed by atoms with Gasteiger partial charge in [0.05, 0.1) is 6.61 Å². The Bertz CT molecular complexity index is 226. The fourth-order valence-electron chi connectivity index (χ4n) is 0.774. The molecule has 0 saturated heterocycles. The molecule has 0 unspecified atom stereocenters. The number of methoxy groups -OCH3 is 1. The van der Waals surface area contributed by atoms with E-state index in [4.69, 9.17) is 4.74 Å². The van der Waals surface area contributed by atoms with Crippen molar-refractivity contribution >= 4 is 11.3 Å². The van der Waals surface area contributed by atoms with Gasteiger partial charge in [0.15, 0.2) is 0 Å². The zero-order chi connectivity index (χ0) is 8.81. The Labute approximate surface area is 76.0 Å². The Morgan fingerprint density at radius 2 is 2.17 bits per heavy atom. The van der Waals surface area contributed by atoms with Crippen LogP contribution in [0.3, 0.4) is 0 Å². The minimum absolute atomic E-state index is 0.559. The lowest BCUT2D eigenvalue weighted by Gasteiger charge is -1.93. The molecule has 1 aromatic rings. The lowest BCUT2D eigenvalue weighted by Crippen LogP contribution is -2.11. The van der Waals surface area contributed by atoms with Gasteiger partial charge >= 0.3 is 0 Å². The highest BCUT2D eigenvalue weighted by molar-refractivity contribution is 7.11. The topological polar surface area (TPSA) is 47.0 Å². The molecule has 0 saturated carbocycles. The molecule has 0 aliphatic rings. The summed E-state index contributed by atoms with van der Waals surface area (Å²) >= 11 is 1.59. The Kier molecular flexibility index (Phi) is 4.13. The number of hydrogen-bond acceptors (Lipinski definition) is 5. The monoisotopic (exact) mass is 187 g/mol. The Balaban J connectivity index is 2.41. The Morgan fingerprint density at radius 1 is 1.42 bits per heavy atom. The minimum atomic E-state index is 0.559. The predicted octanol–water partition coefficient (Wildman–Crippen LogP) is 0.794. The smallest absolute Gasteiger partial charge is 0.143 e. The lowest BCUT2D eigenvalue weighted by molar-refractivity contribution is 0.184. The van der Waals surface area contributed by atoms with Crippen LogP contribution >= 0.6 is 11.3 Å². The van der Waals surface area contributed by atoms with E-state index in [1.165, 1.54) is 0 Å². The summed E-state index contributed by atoms with van der Waals surface area (Å²) in [5.74, 6) is 0. The molecule has 0 fully saturated rings. The number of aromatic nitrogens is 2. The molecular formula is C7H13N3OS. The molecule has 1 heterocycles. The molecule has 0 aromatic carbocycles. The van der Waals surface area contributed by atoms with Gasteiger partial charge in [-0.1, -0.05) is 18.3 Å². The van der Waals surface area contributed by atoms with Crippen molar-refractivity contribution in [3.8, 4) is 0 Å². The van der Waals surface area contributed by atoms with Crippen molar-refractivity contribution in [3.63, 3.8) is 0 Å². The minimum Gasteiger partial charge on any atom is -0.377 e. The summed E-state index contributed by atoms with van der Waals surface area (Å²) < 4.78 is 4.93. The van der Waals surface area contributed by atoms with Gasteiger partial charge in [-0.05, 0) is 6.54 Å². The SMILES string of the molecule is CCNCc1nnc(COC)s1. The van der Waals surface area contributed by atoms with Gasteiger partial charge in [0.1, 0.15) is 10.0 Å². The van der Waals surface area contributed by atoms with Crippen LogP contribution in [0.2, 0.25) is 0 Å². The van der Waals surface area contributed by atoms with E-state index in [0.29, 0.717) is 6.61 Å². The van der Waals surface area contributed by atoms with Gasteiger partial charge in [0, 0.05) is 13.7 Å². The molecule has 0 radical (unpaired) electrons. The van der Waals surface area contributed by atoms with Gasteiger partial charge in [-0.25, -0.2) is 0 Å². The van der Waals surface area contributed by atoms with E-state index in [0.717, 1.165) is 23.1 Å². The van der Waals surface area contributed by atoms with E-state index >= 15 is 0 Å². The van der Waals surface area contributed by atoms with Gasteiger partial charge in [0.25, 0.3) is 0 Å². The van der Waals surface area contributed by atoms with E-state index < -0.39 is 0 Å². The first kappa shape index (κ1) is 9.57. The Hall–Kier alpha value is -0.520. The molecule has 5 heteroatoms. The second-order valence-corrected chi connectivity index (χ2v) is 3.45. The van der Waals surface area contributed by atoms with E-state index in [9.17, 15) is 0 Å². The fraction of sp³-hybridized carbons (Fsp3) is 0.714. The molecule has 4 nitrogen and oxygen atoms in total. The standard InChI is InChI=1S/C7H13N3OS/c1-3-8-4-6-9-10-7(12-6)5-11-2/h8H,3-5H2,1-2H3. The van der Waals surface area contributed by atoms with Gasteiger partial charge in [-0.2, -0.15) is 0 Å². The van der Waals surface area contributed by atoms with E-state index in [2.05, 4.69) is 22.4 Å². The van der Waals surface area contributed by atoms with Crippen LogP contribution in [0.1, 0.15) is 16.9 Å². The van der Waals surface area contributed by atoms with Crippen molar-refractivity contribution in [2.24, 2.45) is 0 Å². The summed E-state index contributed by atoms with van der Waals surface area (Å²) in [6, 6.07) is 0. The van der Waals surface area contributed by atoms with Crippen molar-refractivity contribution in [3.05, 3.63) is 10.0 Å². The van der Waals surface area contributed by atoms with Crippen LogP contribution in [0.4, 0.5) is 0 Å². The van der Waals surface area contributed by atoms with Crippen molar-refractivity contribution in [1.29, 1.82) is 0 Å². The van der Waals surface area contributed by atoms with Crippen LogP contribution in [0.25, 0.3) is 0 Å². The van der Waals surface area contributed by atoms with Crippen LogP contribution < -0.4 is 5.32 Å². The van der Waals surface area contributed by atoms with Crippen molar-refractivity contribution in [2.45, 2.75) is 20.1 Å². The molecule has 0 aliphatic carbocycles. The molecule has 0 spiro atoms. The van der Waals surface area contributed by atoms with Crippen molar-refractivity contribution in [1.82, 2.24) is 15.5 Å². The Morgan fingerprint density at radius 3 is 2.83 bits per heavy atom. The highest BCUT2D eigenvalue weighted by atomic mass is 32.1. The van der Waals surface area contributed by atoms with E-state index in [-0.39, 0.29) is 0 Å². The maximum absolute atomic E-state index is 4.93. The summed E-state index contributed by atoms with van der Waals surface area (Å²) in [5.41, 5.74) is 0. The van der Waals surface area contributed by atoms with Crippen LogP contribution in [0.5, 0.6) is 0 Å². The molecule has 0 bridgehead atoms. The lowest BCUT2D eigenvalue weighted by atomic mass is 10.6. The van der Waals surface area contributed by atoms with Gasteiger partial charge in [-0.3, -0.25) is 0 Å². The van der Waals surface area contributed by atoms with Crippen molar-refractivity contribution < 1.29 is 4.74 Å². The molecule has 0 amide bonds. The molecule has 1 aromatic heterocycles. The molecule has 1 N–H and O–H groups in total. The zero-order valence-corrected chi connectivity index (χ0v) is 8.15. The molecule has 0 aliphatic heterocycles. The third-order valence-corrected chi connectivity index (χ3v) is 2.20. The molecule has 0 atom stereocenters. The number of rotatable bonds is 5.